The normalized spacial score (nSPS) is 11.0. The van der Waals surface area contributed by atoms with Crippen molar-refractivity contribution in [3.8, 4) is 0 Å². The van der Waals surface area contributed by atoms with Crippen LogP contribution in [-0.2, 0) is 19.1 Å². The number of allylic oxidation sites excluding steroid dienone is 1. The van der Waals surface area contributed by atoms with Gasteiger partial charge < -0.3 is 9.47 Å². The first-order chi connectivity index (χ1) is 7.13. The molecule has 0 amide bonds. The van der Waals surface area contributed by atoms with E-state index in [1.165, 1.54) is 13.2 Å². The number of carbonyl (C=O) groups is 2. The van der Waals surface area contributed by atoms with Crippen LogP contribution in [0, 0.1) is 0 Å². The van der Waals surface area contributed by atoms with E-state index in [1.807, 2.05) is 6.92 Å². The van der Waals surface area contributed by atoms with Crippen molar-refractivity contribution >= 4 is 11.9 Å². The second kappa shape index (κ2) is 8.03. The van der Waals surface area contributed by atoms with E-state index in [4.69, 9.17) is 4.74 Å². The van der Waals surface area contributed by atoms with Gasteiger partial charge in [-0.1, -0.05) is 12.5 Å². The van der Waals surface area contributed by atoms with Crippen molar-refractivity contribution in [3.63, 3.8) is 0 Å². The molecule has 0 fully saturated rings. The zero-order valence-corrected chi connectivity index (χ0v) is 9.54. The highest BCUT2D eigenvalue weighted by molar-refractivity contribution is 5.83. The third-order valence-corrected chi connectivity index (χ3v) is 1.94. The highest BCUT2D eigenvalue weighted by atomic mass is 16.5. The quantitative estimate of drug-likeness (QED) is 0.500. The average Bonchev–Trinajstić information content (AvgIpc) is 2.23. The Hall–Kier alpha value is -1.32. The first-order valence-electron chi connectivity index (χ1n) is 5.07. The van der Waals surface area contributed by atoms with Crippen LogP contribution in [0.5, 0.6) is 0 Å². The summed E-state index contributed by atoms with van der Waals surface area (Å²) in [5.74, 6) is -0.613. The van der Waals surface area contributed by atoms with Crippen molar-refractivity contribution in [1.29, 1.82) is 0 Å². The molecule has 0 heterocycles. The maximum atomic E-state index is 11.1. The van der Waals surface area contributed by atoms with Gasteiger partial charge in [0.25, 0.3) is 0 Å². The molecule has 0 rings (SSSR count). The lowest BCUT2D eigenvalue weighted by Crippen LogP contribution is -2.03. The van der Waals surface area contributed by atoms with Gasteiger partial charge in [-0.05, 0) is 19.8 Å². The fourth-order valence-electron chi connectivity index (χ4n) is 1.07. The molecule has 0 aromatic heterocycles. The Kier molecular flexibility index (Phi) is 7.32. The van der Waals surface area contributed by atoms with Crippen molar-refractivity contribution in [2.75, 3.05) is 13.7 Å². The molecule has 0 aliphatic rings. The van der Waals surface area contributed by atoms with Crippen LogP contribution in [0.4, 0.5) is 0 Å². The first-order valence-corrected chi connectivity index (χ1v) is 5.07. The fraction of sp³-hybridized carbons (Fsp3) is 0.636. The van der Waals surface area contributed by atoms with Gasteiger partial charge in [-0.25, -0.2) is 4.79 Å². The van der Waals surface area contributed by atoms with Gasteiger partial charge >= 0.3 is 11.9 Å². The SMILES string of the molecule is CCOC(=O)/C=C(\CC)CCC(=O)OC. The minimum atomic E-state index is -0.348. The Balaban J connectivity index is 4.11. The van der Waals surface area contributed by atoms with Crippen LogP contribution in [0.25, 0.3) is 0 Å². The summed E-state index contributed by atoms with van der Waals surface area (Å²) in [6, 6.07) is 0. The first kappa shape index (κ1) is 13.7. The average molecular weight is 214 g/mol. The summed E-state index contributed by atoms with van der Waals surface area (Å²) in [6.45, 7) is 4.05. The molecule has 0 radical (unpaired) electrons. The molecule has 0 atom stereocenters. The van der Waals surface area contributed by atoms with Crippen LogP contribution in [0.3, 0.4) is 0 Å². The molecular weight excluding hydrogens is 196 g/mol. The summed E-state index contributed by atoms with van der Waals surface area (Å²) in [6.07, 6.45) is 3.03. The topological polar surface area (TPSA) is 52.6 Å². The van der Waals surface area contributed by atoms with Gasteiger partial charge in [-0.3, -0.25) is 4.79 Å². The lowest BCUT2D eigenvalue weighted by atomic mass is 10.1. The summed E-state index contributed by atoms with van der Waals surface area (Å²) in [5.41, 5.74) is 0.902. The molecule has 4 heteroatoms. The third-order valence-electron chi connectivity index (χ3n) is 1.94. The van der Waals surface area contributed by atoms with E-state index in [2.05, 4.69) is 4.74 Å². The third kappa shape index (κ3) is 6.71. The Labute approximate surface area is 90.2 Å². The number of carbonyl (C=O) groups excluding carboxylic acids is 2. The van der Waals surface area contributed by atoms with E-state index in [0.29, 0.717) is 19.4 Å². The molecule has 86 valence electrons. The number of methoxy groups -OCH3 is 1. The number of rotatable bonds is 6. The molecular formula is C11H18O4. The zero-order valence-electron chi connectivity index (χ0n) is 9.54. The Morgan fingerprint density at radius 1 is 1.20 bits per heavy atom. The molecule has 0 saturated heterocycles. The van der Waals surface area contributed by atoms with Crippen LogP contribution < -0.4 is 0 Å². The lowest BCUT2D eigenvalue weighted by molar-refractivity contribution is -0.141. The predicted octanol–water partition coefficient (Wildman–Crippen LogP) is 1.84. The van der Waals surface area contributed by atoms with E-state index in [-0.39, 0.29) is 11.9 Å². The van der Waals surface area contributed by atoms with Gasteiger partial charge in [0.05, 0.1) is 13.7 Å². The summed E-state index contributed by atoms with van der Waals surface area (Å²) < 4.78 is 9.29. The molecule has 4 nitrogen and oxygen atoms in total. The van der Waals surface area contributed by atoms with Gasteiger partial charge in [0.1, 0.15) is 0 Å². The van der Waals surface area contributed by atoms with Crippen LogP contribution in [-0.4, -0.2) is 25.7 Å². The monoisotopic (exact) mass is 214 g/mol. The van der Waals surface area contributed by atoms with Crippen molar-refractivity contribution in [2.24, 2.45) is 0 Å². The van der Waals surface area contributed by atoms with Crippen molar-refractivity contribution < 1.29 is 19.1 Å². The van der Waals surface area contributed by atoms with Gasteiger partial charge in [0.15, 0.2) is 0 Å². The second-order valence-corrected chi connectivity index (χ2v) is 2.98. The maximum absolute atomic E-state index is 11.1. The summed E-state index contributed by atoms with van der Waals surface area (Å²) in [7, 11) is 1.35. The summed E-state index contributed by atoms with van der Waals surface area (Å²) in [5, 5.41) is 0. The van der Waals surface area contributed by atoms with E-state index in [0.717, 1.165) is 12.0 Å². The molecule has 0 aromatic rings. The number of ether oxygens (including phenoxy) is 2. The zero-order chi connectivity index (χ0) is 11.7. The van der Waals surface area contributed by atoms with Gasteiger partial charge in [0.2, 0.25) is 0 Å². The summed E-state index contributed by atoms with van der Waals surface area (Å²) >= 11 is 0. The highest BCUT2D eigenvalue weighted by Gasteiger charge is 2.05. The minimum absolute atomic E-state index is 0.266. The van der Waals surface area contributed by atoms with E-state index < -0.39 is 0 Å². The summed E-state index contributed by atoms with van der Waals surface area (Å²) in [4.78, 5) is 22.0. The van der Waals surface area contributed by atoms with E-state index >= 15 is 0 Å². The van der Waals surface area contributed by atoms with Gasteiger partial charge in [-0.2, -0.15) is 0 Å². The predicted molar refractivity (Wildman–Crippen MR) is 56.3 cm³/mol. The van der Waals surface area contributed by atoms with Crippen LogP contribution in [0.1, 0.15) is 33.1 Å². The molecule has 0 unspecified atom stereocenters. The maximum Gasteiger partial charge on any atom is 0.330 e. The molecule has 0 aliphatic heterocycles. The largest absolute Gasteiger partial charge is 0.469 e. The molecule has 15 heavy (non-hydrogen) atoms. The second-order valence-electron chi connectivity index (χ2n) is 2.98. The molecule has 0 N–H and O–H groups in total. The minimum Gasteiger partial charge on any atom is -0.469 e. The number of hydrogen-bond donors (Lipinski definition) is 0. The van der Waals surface area contributed by atoms with Gasteiger partial charge in [-0.15, -0.1) is 0 Å². The molecule has 0 aliphatic carbocycles. The molecule has 0 spiro atoms. The van der Waals surface area contributed by atoms with Crippen molar-refractivity contribution in [2.45, 2.75) is 33.1 Å². The molecule has 0 aromatic carbocycles. The van der Waals surface area contributed by atoms with Crippen LogP contribution >= 0.6 is 0 Å². The molecule has 0 bridgehead atoms. The van der Waals surface area contributed by atoms with E-state index in [1.54, 1.807) is 6.92 Å². The van der Waals surface area contributed by atoms with Crippen LogP contribution in [0.15, 0.2) is 11.6 Å². The van der Waals surface area contributed by atoms with Crippen molar-refractivity contribution in [1.82, 2.24) is 0 Å². The number of hydrogen-bond acceptors (Lipinski definition) is 4. The molecule has 0 saturated carbocycles. The highest BCUT2D eigenvalue weighted by Crippen LogP contribution is 2.10. The smallest absolute Gasteiger partial charge is 0.330 e. The van der Waals surface area contributed by atoms with Crippen LogP contribution in [0.2, 0.25) is 0 Å². The standard InChI is InChI=1S/C11H18O4/c1-4-9(6-7-10(12)14-3)8-11(13)15-5-2/h8H,4-7H2,1-3H3/b9-8+. The Bertz CT molecular complexity index is 243. The van der Waals surface area contributed by atoms with Crippen molar-refractivity contribution in [3.05, 3.63) is 11.6 Å². The van der Waals surface area contributed by atoms with Gasteiger partial charge in [0, 0.05) is 12.5 Å². The van der Waals surface area contributed by atoms with E-state index in [9.17, 15) is 9.59 Å². The lowest BCUT2D eigenvalue weighted by Gasteiger charge is -2.03. The Morgan fingerprint density at radius 3 is 2.33 bits per heavy atom. The fourth-order valence-corrected chi connectivity index (χ4v) is 1.07. The Morgan fingerprint density at radius 2 is 1.87 bits per heavy atom. The number of esters is 2.